The Labute approximate surface area is 106 Å². The molecule has 4 heteroatoms. The van der Waals surface area contributed by atoms with E-state index in [0.717, 1.165) is 4.47 Å². The normalized spacial score (nSPS) is 10.1. The van der Waals surface area contributed by atoms with Crippen molar-refractivity contribution in [3.05, 3.63) is 28.2 Å². The van der Waals surface area contributed by atoms with Crippen LogP contribution < -0.4 is 4.74 Å². The van der Waals surface area contributed by atoms with Gasteiger partial charge in [-0.2, -0.15) is 0 Å². The smallest absolute Gasteiger partial charge is 0.168 e. The van der Waals surface area contributed by atoms with E-state index in [1.807, 2.05) is 25.1 Å². The molecule has 1 rings (SSSR count). The Morgan fingerprint density at radius 2 is 2.20 bits per heavy atom. The highest BCUT2D eigenvalue weighted by Gasteiger charge is 2.15. The van der Waals surface area contributed by atoms with Crippen LogP contribution in [0.3, 0.4) is 0 Å². The highest BCUT2D eigenvalue weighted by Crippen LogP contribution is 2.28. The Morgan fingerprint density at radius 3 is 2.80 bits per heavy atom. The summed E-state index contributed by atoms with van der Waals surface area (Å²) in [6.45, 7) is 2.46. The van der Waals surface area contributed by atoms with Crippen LogP contribution in [-0.4, -0.2) is 17.7 Å². The first-order valence-electron chi connectivity index (χ1n) is 4.71. The predicted octanol–water partition coefficient (Wildman–Crippen LogP) is 3.82. The Bertz CT molecular complexity index is 350. The van der Waals surface area contributed by atoms with E-state index in [9.17, 15) is 4.79 Å². The van der Waals surface area contributed by atoms with E-state index in [2.05, 4.69) is 31.9 Å². The van der Waals surface area contributed by atoms with Crippen molar-refractivity contribution in [3.63, 3.8) is 0 Å². The monoisotopic (exact) mass is 334 g/mol. The van der Waals surface area contributed by atoms with Gasteiger partial charge in [0.1, 0.15) is 5.75 Å². The summed E-state index contributed by atoms with van der Waals surface area (Å²) in [5.41, 5.74) is 0.638. The van der Waals surface area contributed by atoms with Crippen LogP contribution >= 0.6 is 31.9 Å². The maximum absolute atomic E-state index is 11.8. The molecule has 15 heavy (non-hydrogen) atoms. The van der Waals surface area contributed by atoms with Gasteiger partial charge in [0.15, 0.2) is 5.78 Å². The molecule has 0 saturated heterocycles. The van der Waals surface area contributed by atoms with Gasteiger partial charge in [-0.15, -0.1) is 0 Å². The van der Waals surface area contributed by atoms with Gasteiger partial charge in [-0.25, -0.2) is 0 Å². The zero-order valence-electron chi connectivity index (χ0n) is 8.43. The molecule has 0 bridgehead atoms. The Morgan fingerprint density at radius 1 is 1.47 bits per heavy atom. The van der Waals surface area contributed by atoms with Gasteiger partial charge < -0.3 is 4.74 Å². The fraction of sp³-hybridized carbons (Fsp3) is 0.364. The Balaban J connectivity index is 3.06. The van der Waals surface area contributed by atoms with Crippen LogP contribution in [0.2, 0.25) is 0 Å². The molecule has 0 heterocycles. The van der Waals surface area contributed by atoms with Gasteiger partial charge in [0.2, 0.25) is 0 Å². The highest BCUT2D eigenvalue weighted by molar-refractivity contribution is 9.10. The fourth-order valence-electron chi connectivity index (χ4n) is 1.26. The molecule has 82 valence electrons. The molecule has 0 spiro atoms. The highest BCUT2D eigenvalue weighted by atomic mass is 79.9. The first-order chi connectivity index (χ1) is 7.20. The van der Waals surface area contributed by atoms with Crippen molar-refractivity contribution in [2.75, 3.05) is 11.9 Å². The van der Waals surface area contributed by atoms with E-state index in [1.165, 1.54) is 0 Å². The van der Waals surface area contributed by atoms with Crippen LogP contribution in [0.4, 0.5) is 0 Å². The van der Waals surface area contributed by atoms with Crippen molar-refractivity contribution in [2.45, 2.75) is 13.3 Å². The molecule has 1 aromatic carbocycles. The number of alkyl halides is 1. The van der Waals surface area contributed by atoms with Crippen molar-refractivity contribution in [2.24, 2.45) is 0 Å². The van der Waals surface area contributed by atoms with Crippen LogP contribution in [0.25, 0.3) is 0 Å². The number of ether oxygens (including phenoxy) is 1. The van der Waals surface area contributed by atoms with Crippen molar-refractivity contribution in [3.8, 4) is 5.75 Å². The summed E-state index contributed by atoms with van der Waals surface area (Å²) in [7, 11) is 0. The molecule has 1 aromatic rings. The standard InChI is InChI=1S/C11H12Br2O2/c1-2-15-10-5-3-4-8(13)11(10)9(14)6-7-12/h3-5H,2,6-7H2,1H3. The maximum atomic E-state index is 11.8. The van der Waals surface area contributed by atoms with E-state index in [4.69, 9.17) is 4.74 Å². The average molecular weight is 336 g/mol. The third-order valence-corrected chi connectivity index (χ3v) is 2.93. The SMILES string of the molecule is CCOc1cccc(Br)c1C(=O)CCBr. The molecular weight excluding hydrogens is 324 g/mol. The number of carbonyl (C=O) groups excluding carboxylic acids is 1. The number of rotatable bonds is 5. The van der Waals surface area contributed by atoms with Crippen molar-refractivity contribution < 1.29 is 9.53 Å². The Hall–Kier alpha value is -0.350. The summed E-state index contributed by atoms with van der Waals surface area (Å²) in [5, 5.41) is 0.665. The van der Waals surface area contributed by atoms with Gasteiger partial charge >= 0.3 is 0 Å². The summed E-state index contributed by atoms with van der Waals surface area (Å²) in [4.78, 5) is 11.8. The van der Waals surface area contributed by atoms with E-state index in [-0.39, 0.29) is 5.78 Å². The molecule has 0 radical (unpaired) electrons. The fourth-order valence-corrected chi connectivity index (χ4v) is 2.19. The van der Waals surface area contributed by atoms with E-state index in [0.29, 0.717) is 29.7 Å². The summed E-state index contributed by atoms with van der Waals surface area (Å²) in [6, 6.07) is 5.53. The largest absolute Gasteiger partial charge is 0.493 e. The molecule has 0 saturated carbocycles. The van der Waals surface area contributed by atoms with Crippen LogP contribution in [0.15, 0.2) is 22.7 Å². The van der Waals surface area contributed by atoms with Crippen LogP contribution in [0.5, 0.6) is 5.75 Å². The lowest BCUT2D eigenvalue weighted by Crippen LogP contribution is -2.05. The minimum atomic E-state index is 0.0859. The second-order valence-electron chi connectivity index (χ2n) is 2.91. The number of hydrogen-bond acceptors (Lipinski definition) is 2. The average Bonchev–Trinajstić information content (AvgIpc) is 2.18. The van der Waals surface area contributed by atoms with Crippen molar-refractivity contribution in [1.82, 2.24) is 0 Å². The summed E-state index contributed by atoms with van der Waals surface area (Å²) < 4.78 is 6.21. The maximum Gasteiger partial charge on any atom is 0.168 e. The second kappa shape index (κ2) is 6.28. The molecule has 0 atom stereocenters. The van der Waals surface area contributed by atoms with E-state index >= 15 is 0 Å². The third-order valence-electron chi connectivity index (χ3n) is 1.88. The second-order valence-corrected chi connectivity index (χ2v) is 4.56. The van der Waals surface area contributed by atoms with E-state index in [1.54, 1.807) is 0 Å². The number of halogens is 2. The van der Waals surface area contributed by atoms with Gasteiger partial charge in [0, 0.05) is 16.2 Å². The first kappa shape index (κ1) is 12.7. The molecule has 0 aliphatic rings. The van der Waals surface area contributed by atoms with Gasteiger partial charge in [-0.05, 0) is 35.0 Å². The molecule has 0 amide bonds. The van der Waals surface area contributed by atoms with Gasteiger partial charge in [0.25, 0.3) is 0 Å². The molecule has 0 unspecified atom stereocenters. The molecular formula is C11H12Br2O2. The number of Topliss-reactive ketones (excluding diaryl/α,β-unsaturated/α-hetero) is 1. The summed E-state index contributed by atoms with van der Waals surface area (Å²) >= 11 is 6.63. The van der Waals surface area contributed by atoms with Crippen LogP contribution in [0, 0.1) is 0 Å². The minimum absolute atomic E-state index is 0.0859. The molecule has 0 N–H and O–H groups in total. The molecule has 0 aliphatic carbocycles. The Kier molecular flexibility index (Phi) is 5.32. The lowest BCUT2D eigenvalue weighted by atomic mass is 10.1. The molecule has 0 fully saturated rings. The number of carbonyl (C=O) groups is 1. The predicted molar refractivity (Wildman–Crippen MR) is 68.1 cm³/mol. The lowest BCUT2D eigenvalue weighted by molar-refractivity contribution is 0.0985. The number of hydrogen-bond donors (Lipinski definition) is 0. The van der Waals surface area contributed by atoms with Gasteiger partial charge in [0.05, 0.1) is 12.2 Å². The molecule has 0 aromatic heterocycles. The number of benzene rings is 1. The zero-order valence-corrected chi connectivity index (χ0v) is 11.6. The van der Waals surface area contributed by atoms with Crippen LogP contribution in [0.1, 0.15) is 23.7 Å². The number of ketones is 1. The van der Waals surface area contributed by atoms with Crippen LogP contribution in [-0.2, 0) is 0 Å². The lowest BCUT2D eigenvalue weighted by Gasteiger charge is -2.10. The summed E-state index contributed by atoms with van der Waals surface area (Å²) in [5.74, 6) is 0.737. The van der Waals surface area contributed by atoms with Crippen molar-refractivity contribution >= 4 is 37.6 Å². The molecule has 0 aliphatic heterocycles. The third kappa shape index (κ3) is 3.31. The quantitative estimate of drug-likeness (QED) is 0.604. The summed E-state index contributed by atoms with van der Waals surface area (Å²) in [6.07, 6.45) is 0.475. The van der Waals surface area contributed by atoms with E-state index < -0.39 is 0 Å². The first-order valence-corrected chi connectivity index (χ1v) is 6.62. The van der Waals surface area contributed by atoms with Crippen molar-refractivity contribution in [1.29, 1.82) is 0 Å². The minimum Gasteiger partial charge on any atom is -0.493 e. The van der Waals surface area contributed by atoms with Gasteiger partial charge in [-0.3, -0.25) is 4.79 Å². The zero-order chi connectivity index (χ0) is 11.3. The van der Waals surface area contributed by atoms with Gasteiger partial charge in [-0.1, -0.05) is 22.0 Å². The topological polar surface area (TPSA) is 26.3 Å². The molecule has 2 nitrogen and oxygen atoms in total.